The first kappa shape index (κ1) is 16.8. The molecule has 0 atom stereocenters. The minimum atomic E-state index is -4.59. The zero-order chi connectivity index (χ0) is 17.0. The third-order valence-electron chi connectivity index (χ3n) is 2.72. The van der Waals surface area contributed by atoms with E-state index in [1.165, 1.54) is 7.05 Å². The lowest BCUT2D eigenvalue weighted by atomic mass is 10.2. The molecule has 0 saturated carbocycles. The van der Waals surface area contributed by atoms with Crippen molar-refractivity contribution < 1.29 is 18.0 Å². The van der Waals surface area contributed by atoms with E-state index in [-0.39, 0.29) is 10.9 Å². The van der Waals surface area contributed by atoms with Crippen molar-refractivity contribution in [2.75, 3.05) is 11.1 Å². The van der Waals surface area contributed by atoms with Crippen LogP contribution in [0.1, 0.15) is 11.4 Å². The van der Waals surface area contributed by atoms with Crippen molar-refractivity contribution in [1.82, 2.24) is 14.8 Å². The van der Waals surface area contributed by atoms with Gasteiger partial charge < -0.3 is 9.88 Å². The predicted octanol–water partition coefficient (Wildman–Crippen LogP) is 2.44. The van der Waals surface area contributed by atoms with Gasteiger partial charge in [-0.1, -0.05) is 11.8 Å². The van der Waals surface area contributed by atoms with Crippen LogP contribution in [0.4, 0.5) is 18.9 Å². The maximum absolute atomic E-state index is 12.6. The van der Waals surface area contributed by atoms with Crippen molar-refractivity contribution in [1.29, 1.82) is 5.26 Å². The summed E-state index contributed by atoms with van der Waals surface area (Å²) in [4.78, 5) is 11.8. The lowest BCUT2D eigenvalue weighted by Gasteiger charge is -2.07. The molecule has 1 aromatic heterocycles. The predicted molar refractivity (Wildman–Crippen MR) is 76.5 cm³/mol. The van der Waals surface area contributed by atoms with Crippen molar-refractivity contribution in [3.8, 4) is 6.07 Å². The fraction of sp³-hybridized carbons (Fsp3) is 0.231. The van der Waals surface area contributed by atoms with Gasteiger partial charge in [0, 0.05) is 12.7 Å². The summed E-state index contributed by atoms with van der Waals surface area (Å²) in [7, 11) is 1.18. The molecule has 0 aliphatic heterocycles. The van der Waals surface area contributed by atoms with Gasteiger partial charge in [-0.15, -0.1) is 10.2 Å². The summed E-state index contributed by atoms with van der Waals surface area (Å²) in [5.41, 5.74) is 0.944. The van der Waals surface area contributed by atoms with E-state index in [4.69, 9.17) is 5.26 Å². The Morgan fingerprint density at radius 1 is 1.35 bits per heavy atom. The van der Waals surface area contributed by atoms with E-state index in [1.807, 2.05) is 6.07 Å². The van der Waals surface area contributed by atoms with E-state index in [2.05, 4.69) is 15.5 Å². The Labute approximate surface area is 133 Å². The summed E-state index contributed by atoms with van der Waals surface area (Å²) >= 11 is 0.844. The average molecular weight is 341 g/mol. The summed E-state index contributed by atoms with van der Waals surface area (Å²) < 4.78 is 38.5. The molecule has 6 nitrogen and oxygen atoms in total. The Balaban J connectivity index is 1.94. The van der Waals surface area contributed by atoms with Crippen LogP contribution in [-0.4, -0.2) is 26.4 Å². The van der Waals surface area contributed by atoms with Gasteiger partial charge in [0.2, 0.25) is 11.7 Å². The minimum Gasteiger partial charge on any atom is -0.325 e. The highest BCUT2D eigenvalue weighted by atomic mass is 32.2. The number of nitriles is 1. The van der Waals surface area contributed by atoms with E-state index < -0.39 is 17.9 Å². The average Bonchev–Trinajstić information content (AvgIpc) is 2.87. The number of carbonyl (C=O) groups is 1. The first-order chi connectivity index (χ1) is 10.8. The van der Waals surface area contributed by atoms with Crippen molar-refractivity contribution in [2.24, 2.45) is 7.05 Å². The second kappa shape index (κ2) is 6.70. The van der Waals surface area contributed by atoms with Gasteiger partial charge in [-0.3, -0.25) is 4.79 Å². The molecular weight excluding hydrogens is 331 g/mol. The lowest BCUT2D eigenvalue weighted by Crippen LogP contribution is -2.15. The van der Waals surface area contributed by atoms with Crippen molar-refractivity contribution in [3.63, 3.8) is 0 Å². The number of halogens is 3. The number of benzene rings is 1. The van der Waals surface area contributed by atoms with Crippen LogP contribution in [0.2, 0.25) is 0 Å². The molecule has 23 heavy (non-hydrogen) atoms. The molecular formula is C13H10F3N5OS. The Morgan fingerprint density at radius 3 is 2.52 bits per heavy atom. The van der Waals surface area contributed by atoms with Crippen LogP contribution in [0, 0.1) is 11.3 Å². The van der Waals surface area contributed by atoms with Crippen LogP contribution in [0.5, 0.6) is 0 Å². The normalized spacial score (nSPS) is 11.1. The quantitative estimate of drug-likeness (QED) is 0.864. The Bertz CT molecular complexity index is 748. The Kier molecular flexibility index (Phi) is 4.90. The van der Waals surface area contributed by atoms with Gasteiger partial charge in [-0.2, -0.15) is 18.4 Å². The van der Waals surface area contributed by atoms with E-state index in [0.29, 0.717) is 11.3 Å². The number of nitrogens with one attached hydrogen (secondary N) is 1. The molecule has 0 unspecified atom stereocenters. The molecule has 10 heteroatoms. The van der Waals surface area contributed by atoms with Crippen molar-refractivity contribution in [2.45, 2.75) is 11.3 Å². The first-order valence-corrected chi connectivity index (χ1v) is 7.19. The number of hydrogen-bond donors (Lipinski definition) is 1. The van der Waals surface area contributed by atoms with E-state index in [9.17, 15) is 18.0 Å². The zero-order valence-electron chi connectivity index (χ0n) is 11.8. The van der Waals surface area contributed by atoms with Gasteiger partial charge in [-0.25, -0.2) is 0 Å². The van der Waals surface area contributed by atoms with Gasteiger partial charge in [0.15, 0.2) is 5.16 Å². The van der Waals surface area contributed by atoms with E-state index in [0.717, 1.165) is 16.3 Å². The fourth-order valence-electron chi connectivity index (χ4n) is 1.64. The number of amides is 1. The molecule has 0 fully saturated rings. The number of aromatic nitrogens is 3. The van der Waals surface area contributed by atoms with Crippen LogP contribution in [0.15, 0.2) is 29.4 Å². The topological polar surface area (TPSA) is 83.6 Å². The molecule has 1 aromatic carbocycles. The number of nitrogens with zero attached hydrogens (tertiary/aromatic N) is 4. The van der Waals surface area contributed by atoms with Crippen molar-refractivity contribution in [3.05, 3.63) is 35.7 Å². The van der Waals surface area contributed by atoms with Gasteiger partial charge in [0.25, 0.3) is 0 Å². The third kappa shape index (κ3) is 4.23. The molecule has 0 spiro atoms. The van der Waals surface area contributed by atoms with Crippen LogP contribution < -0.4 is 5.32 Å². The van der Waals surface area contributed by atoms with Crippen molar-refractivity contribution >= 4 is 23.4 Å². The summed E-state index contributed by atoms with van der Waals surface area (Å²) in [5, 5.41) is 17.7. The maximum atomic E-state index is 12.6. The Morgan fingerprint density at radius 2 is 2.00 bits per heavy atom. The monoisotopic (exact) mass is 341 g/mol. The summed E-state index contributed by atoms with van der Waals surface area (Å²) in [6.07, 6.45) is -4.59. The van der Waals surface area contributed by atoms with Gasteiger partial charge in [-0.05, 0) is 24.3 Å². The molecule has 0 saturated heterocycles. The van der Waals surface area contributed by atoms with Crippen LogP contribution in [0.3, 0.4) is 0 Å². The zero-order valence-corrected chi connectivity index (χ0v) is 12.6. The fourth-order valence-corrected chi connectivity index (χ4v) is 2.35. The van der Waals surface area contributed by atoms with E-state index in [1.54, 1.807) is 24.3 Å². The maximum Gasteiger partial charge on any atom is 0.451 e. The molecule has 1 heterocycles. The molecule has 0 aliphatic carbocycles. The summed E-state index contributed by atoms with van der Waals surface area (Å²) in [6.45, 7) is 0. The number of anilines is 1. The lowest BCUT2D eigenvalue weighted by molar-refractivity contribution is -0.147. The number of thioether (sulfide) groups is 1. The van der Waals surface area contributed by atoms with E-state index >= 15 is 0 Å². The number of carbonyl (C=O) groups excluding carboxylic acids is 1. The van der Waals surface area contributed by atoms with Crippen LogP contribution >= 0.6 is 11.8 Å². The molecule has 1 N–H and O–H groups in total. The number of hydrogen-bond acceptors (Lipinski definition) is 5. The molecule has 0 aliphatic rings. The largest absolute Gasteiger partial charge is 0.451 e. The third-order valence-corrected chi connectivity index (χ3v) is 3.74. The number of rotatable bonds is 4. The molecule has 0 bridgehead atoms. The number of alkyl halides is 3. The molecule has 0 radical (unpaired) electrons. The standard InChI is InChI=1S/C13H10F3N5OS/c1-21-11(13(14,15)16)19-20-12(21)23-7-10(22)18-9-4-2-8(6-17)3-5-9/h2-5H,7H2,1H3,(H,18,22). The minimum absolute atomic E-state index is 0.00713. The molecule has 120 valence electrons. The highest BCUT2D eigenvalue weighted by molar-refractivity contribution is 7.99. The van der Waals surface area contributed by atoms with Gasteiger partial charge >= 0.3 is 6.18 Å². The highest BCUT2D eigenvalue weighted by Gasteiger charge is 2.37. The molecule has 1 amide bonds. The smallest absolute Gasteiger partial charge is 0.325 e. The summed E-state index contributed by atoms with van der Waals surface area (Å²) in [5.74, 6) is -1.65. The van der Waals surface area contributed by atoms with Crippen LogP contribution in [-0.2, 0) is 18.0 Å². The van der Waals surface area contributed by atoms with Gasteiger partial charge in [0.05, 0.1) is 17.4 Å². The first-order valence-electron chi connectivity index (χ1n) is 6.20. The van der Waals surface area contributed by atoms with Crippen LogP contribution in [0.25, 0.3) is 0 Å². The Hall–Kier alpha value is -2.54. The summed E-state index contributed by atoms with van der Waals surface area (Å²) in [6, 6.07) is 8.15. The highest BCUT2D eigenvalue weighted by Crippen LogP contribution is 2.29. The second-order valence-electron chi connectivity index (χ2n) is 4.39. The van der Waals surface area contributed by atoms with Gasteiger partial charge in [0.1, 0.15) is 0 Å². The SMILES string of the molecule is Cn1c(SCC(=O)Nc2ccc(C#N)cc2)nnc1C(F)(F)F. The second-order valence-corrected chi connectivity index (χ2v) is 5.33. The molecule has 2 rings (SSSR count). The molecule has 2 aromatic rings.